The number of rotatable bonds is 7. The summed E-state index contributed by atoms with van der Waals surface area (Å²) in [6.45, 7) is 9.22. The molecule has 0 radical (unpaired) electrons. The maximum Gasteiger partial charge on any atom is 0.225 e. The minimum Gasteiger partial charge on any atom is -0.342 e. The molecule has 1 saturated carbocycles. The summed E-state index contributed by atoms with van der Waals surface area (Å²) in [5.74, 6) is 1.37. The molecule has 1 aliphatic heterocycles. The van der Waals surface area contributed by atoms with Gasteiger partial charge in [0.2, 0.25) is 11.8 Å². The van der Waals surface area contributed by atoms with Gasteiger partial charge in [-0.2, -0.15) is 0 Å². The molecule has 0 N–H and O–H groups in total. The third-order valence-corrected chi connectivity index (χ3v) is 5.79. The number of nitrogens with zero attached hydrogens (tertiary/aromatic N) is 2. The van der Waals surface area contributed by atoms with E-state index in [0.717, 1.165) is 45.3 Å². The normalized spacial score (nSPS) is 18.4. The van der Waals surface area contributed by atoms with Gasteiger partial charge >= 0.3 is 0 Å². The highest BCUT2D eigenvalue weighted by Crippen LogP contribution is 2.32. The number of hydrogen-bond acceptors (Lipinski definition) is 2. The molecule has 4 heteroatoms. The van der Waals surface area contributed by atoms with Gasteiger partial charge in [0.15, 0.2) is 0 Å². The lowest BCUT2D eigenvalue weighted by atomic mass is 9.95. The van der Waals surface area contributed by atoms with Crippen molar-refractivity contribution < 1.29 is 9.59 Å². The van der Waals surface area contributed by atoms with E-state index < -0.39 is 0 Å². The first-order valence-corrected chi connectivity index (χ1v) is 10.7. The first-order chi connectivity index (χ1) is 13.4. The van der Waals surface area contributed by atoms with E-state index in [9.17, 15) is 9.59 Å². The zero-order chi connectivity index (χ0) is 20.1. The number of carbonyl (C=O) groups is 2. The summed E-state index contributed by atoms with van der Waals surface area (Å²) < 4.78 is 0. The summed E-state index contributed by atoms with van der Waals surface area (Å²) in [4.78, 5) is 29.1. The summed E-state index contributed by atoms with van der Waals surface area (Å²) in [5.41, 5.74) is 2.40. The van der Waals surface area contributed by atoms with Gasteiger partial charge in [0.25, 0.3) is 0 Å². The fourth-order valence-electron chi connectivity index (χ4n) is 4.01. The Kier molecular flexibility index (Phi) is 6.93. The Bertz CT molecular complexity index is 699. The maximum absolute atomic E-state index is 12.9. The van der Waals surface area contributed by atoms with Crippen molar-refractivity contribution in [1.82, 2.24) is 9.80 Å². The molecule has 0 aromatic heterocycles. The number of carbonyl (C=O) groups excluding carboxylic acids is 2. The molecule has 2 fully saturated rings. The van der Waals surface area contributed by atoms with E-state index in [1.165, 1.54) is 11.1 Å². The van der Waals surface area contributed by atoms with Gasteiger partial charge in [-0.1, -0.05) is 55.8 Å². The molecule has 0 bridgehead atoms. The maximum atomic E-state index is 12.9. The lowest BCUT2D eigenvalue weighted by Gasteiger charge is -2.36. The predicted octanol–water partition coefficient (Wildman–Crippen LogP) is 4.22. The Morgan fingerprint density at radius 3 is 2.32 bits per heavy atom. The van der Waals surface area contributed by atoms with Crippen LogP contribution in [0.1, 0.15) is 52.0 Å². The second-order valence-corrected chi connectivity index (χ2v) is 8.82. The van der Waals surface area contributed by atoms with Gasteiger partial charge < -0.3 is 9.80 Å². The van der Waals surface area contributed by atoms with Crippen LogP contribution in [0.15, 0.2) is 35.9 Å². The number of likely N-dealkylation sites (tertiary alicyclic amines) is 1. The fraction of sp³-hybridized carbons (Fsp3) is 0.583. The van der Waals surface area contributed by atoms with Crippen LogP contribution in [0.25, 0.3) is 6.08 Å². The van der Waals surface area contributed by atoms with Gasteiger partial charge in [-0.15, -0.1) is 0 Å². The van der Waals surface area contributed by atoms with Gasteiger partial charge in [0.1, 0.15) is 0 Å². The Hall–Kier alpha value is -2.10. The first-order valence-electron chi connectivity index (χ1n) is 10.7. The molecule has 0 unspecified atom stereocenters. The highest BCUT2D eigenvalue weighted by atomic mass is 16.2. The molecule has 0 spiro atoms. The lowest BCUT2D eigenvalue weighted by molar-refractivity contribution is -0.137. The van der Waals surface area contributed by atoms with Crippen LogP contribution >= 0.6 is 0 Å². The summed E-state index contributed by atoms with van der Waals surface area (Å²) in [5, 5.41) is 0. The second-order valence-electron chi connectivity index (χ2n) is 8.82. The summed E-state index contributed by atoms with van der Waals surface area (Å²) >= 11 is 0. The summed E-state index contributed by atoms with van der Waals surface area (Å²) in [6, 6.07) is 10.3. The zero-order valence-corrected chi connectivity index (χ0v) is 17.6. The summed E-state index contributed by atoms with van der Waals surface area (Å²) in [6.07, 6.45) is 6.25. The molecule has 2 amide bonds. The van der Waals surface area contributed by atoms with Gasteiger partial charge in [0, 0.05) is 38.0 Å². The van der Waals surface area contributed by atoms with E-state index in [2.05, 4.69) is 30.0 Å². The zero-order valence-electron chi connectivity index (χ0n) is 17.6. The average molecular weight is 383 g/mol. The standard InChI is InChI=1S/C24H34N2O2/c1-18(2)23(27)25-13-11-21(12-14-25)17-26(24(28)22-9-10-22)16-19(3)15-20-7-5-4-6-8-20/h4-8,15,18,21-22H,9-14,16-17H2,1-3H3. The topological polar surface area (TPSA) is 40.6 Å². The largest absolute Gasteiger partial charge is 0.342 e. The van der Waals surface area contributed by atoms with Crippen molar-refractivity contribution in [3.8, 4) is 0 Å². The monoisotopic (exact) mass is 382 g/mol. The highest BCUT2D eigenvalue weighted by molar-refractivity contribution is 5.81. The Labute approximate surface area is 169 Å². The number of hydrogen-bond donors (Lipinski definition) is 0. The second kappa shape index (κ2) is 9.40. The van der Waals surface area contributed by atoms with Gasteiger partial charge in [-0.05, 0) is 44.1 Å². The van der Waals surface area contributed by atoms with E-state index in [4.69, 9.17) is 0 Å². The van der Waals surface area contributed by atoms with Crippen molar-refractivity contribution in [3.05, 3.63) is 41.5 Å². The van der Waals surface area contributed by atoms with Gasteiger partial charge in [-0.25, -0.2) is 0 Å². The Morgan fingerprint density at radius 1 is 1.11 bits per heavy atom. The molecule has 1 aromatic carbocycles. The molecule has 1 saturated heterocycles. The minimum atomic E-state index is 0.0651. The van der Waals surface area contributed by atoms with Gasteiger partial charge in [-0.3, -0.25) is 9.59 Å². The van der Waals surface area contributed by atoms with Crippen molar-refractivity contribution in [1.29, 1.82) is 0 Å². The van der Waals surface area contributed by atoms with Crippen molar-refractivity contribution in [2.75, 3.05) is 26.2 Å². The lowest BCUT2D eigenvalue weighted by Crippen LogP contribution is -2.44. The first kappa shape index (κ1) is 20.6. The van der Waals surface area contributed by atoms with Gasteiger partial charge in [0.05, 0.1) is 0 Å². The van der Waals surface area contributed by atoms with E-state index in [-0.39, 0.29) is 17.7 Å². The Balaban J connectivity index is 1.59. The minimum absolute atomic E-state index is 0.0651. The van der Waals surface area contributed by atoms with Crippen molar-refractivity contribution in [3.63, 3.8) is 0 Å². The van der Waals surface area contributed by atoms with E-state index >= 15 is 0 Å². The molecular weight excluding hydrogens is 348 g/mol. The van der Waals surface area contributed by atoms with Crippen LogP contribution in [0.5, 0.6) is 0 Å². The molecular formula is C24H34N2O2. The molecule has 4 nitrogen and oxygen atoms in total. The third-order valence-electron chi connectivity index (χ3n) is 5.79. The molecule has 2 aliphatic rings. The molecule has 1 heterocycles. The molecule has 1 aromatic rings. The van der Waals surface area contributed by atoms with Crippen molar-refractivity contribution in [2.45, 2.75) is 46.5 Å². The van der Waals surface area contributed by atoms with Crippen LogP contribution in [0, 0.1) is 17.8 Å². The smallest absolute Gasteiger partial charge is 0.225 e. The molecule has 152 valence electrons. The third kappa shape index (κ3) is 5.70. The Morgan fingerprint density at radius 2 is 1.75 bits per heavy atom. The van der Waals surface area contributed by atoms with E-state index in [1.807, 2.05) is 36.9 Å². The quantitative estimate of drug-likeness (QED) is 0.708. The van der Waals surface area contributed by atoms with Crippen molar-refractivity contribution >= 4 is 17.9 Å². The SMILES string of the molecule is CC(=Cc1ccccc1)CN(CC1CCN(C(=O)C(C)C)CC1)C(=O)C1CC1. The van der Waals surface area contributed by atoms with Crippen LogP contribution < -0.4 is 0 Å². The van der Waals surface area contributed by atoms with Crippen molar-refractivity contribution in [2.24, 2.45) is 17.8 Å². The fourth-order valence-corrected chi connectivity index (χ4v) is 4.01. The molecule has 28 heavy (non-hydrogen) atoms. The predicted molar refractivity (Wildman–Crippen MR) is 114 cm³/mol. The summed E-state index contributed by atoms with van der Waals surface area (Å²) in [7, 11) is 0. The number of benzene rings is 1. The number of amides is 2. The van der Waals surface area contributed by atoms with Crippen LogP contribution in [0.4, 0.5) is 0 Å². The van der Waals surface area contributed by atoms with E-state index in [1.54, 1.807) is 0 Å². The molecule has 1 aliphatic carbocycles. The van der Waals surface area contributed by atoms with Crippen LogP contribution in [-0.2, 0) is 9.59 Å². The number of piperidine rings is 1. The van der Waals surface area contributed by atoms with Crippen LogP contribution in [0.2, 0.25) is 0 Å². The van der Waals surface area contributed by atoms with E-state index in [0.29, 0.717) is 18.4 Å². The molecule has 0 atom stereocenters. The van der Waals surface area contributed by atoms with Crippen LogP contribution in [-0.4, -0.2) is 47.8 Å². The highest BCUT2D eigenvalue weighted by Gasteiger charge is 2.35. The van der Waals surface area contributed by atoms with Crippen LogP contribution in [0.3, 0.4) is 0 Å². The molecule has 3 rings (SSSR count). The average Bonchev–Trinajstić information content (AvgIpc) is 3.53.